The van der Waals surface area contributed by atoms with E-state index >= 15 is 0 Å². The number of nitrogens with zero attached hydrogens (tertiary/aromatic N) is 1. The van der Waals surface area contributed by atoms with E-state index in [4.69, 9.17) is 0 Å². The van der Waals surface area contributed by atoms with E-state index in [-0.39, 0.29) is 11.2 Å². The maximum atomic E-state index is 12.9. The van der Waals surface area contributed by atoms with Crippen molar-refractivity contribution in [3.63, 3.8) is 0 Å². The average molecular weight is 334 g/mol. The number of nitrogens with one attached hydrogen (secondary N) is 1. The van der Waals surface area contributed by atoms with Crippen LogP contribution in [0, 0.1) is 6.92 Å². The summed E-state index contributed by atoms with van der Waals surface area (Å²) in [7, 11) is 0. The fourth-order valence-corrected chi connectivity index (χ4v) is 3.38. The van der Waals surface area contributed by atoms with Crippen LogP contribution in [-0.4, -0.2) is 10.9 Å². The summed E-state index contributed by atoms with van der Waals surface area (Å²) in [6.07, 6.45) is 1.68. The van der Waals surface area contributed by atoms with E-state index in [0.29, 0.717) is 5.82 Å². The number of hydrogen-bond acceptors (Lipinski definition) is 3. The lowest BCUT2D eigenvalue weighted by Crippen LogP contribution is -2.20. The first-order valence-electron chi connectivity index (χ1n) is 7.73. The maximum Gasteiger partial charge on any atom is 0.243 e. The second-order valence-electron chi connectivity index (χ2n) is 5.38. The third kappa shape index (κ3) is 4.03. The fraction of sp³-hybridized carbons (Fsp3) is 0.100. The minimum atomic E-state index is -0.338. The van der Waals surface area contributed by atoms with Crippen LogP contribution in [0.15, 0.2) is 83.9 Å². The molecule has 0 spiro atoms. The molecule has 0 aliphatic rings. The summed E-state index contributed by atoms with van der Waals surface area (Å²) in [4.78, 5) is 18.2. The van der Waals surface area contributed by atoms with Crippen LogP contribution in [0.3, 0.4) is 0 Å². The molecule has 0 aliphatic carbocycles. The molecule has 1 heterocycles. The summed E-state index contributed by atoms with van der Waals surface area (Å²) in [6, 6.07) is 23.6. The molecule has 1 N–H and O–H groups in total. The highest BCUT2D eigenvalue weighted by Gasteiger charge is 2.22. The van der Waals surface area contributed by atoms with Crippen molar-refractivity contribution in [2.24, 2.45) is 0 Å². The Kier molecular flexibility index (Phi) is 5.29. The molecule has 0 saturated heterocycles. The number of hydrogen-bond donors (Lipinski definition) is 1. The SMILES string of the molecule is Cc1cccnc1NC(=O)C(Sc1ccccc1)c1ccccc1. The van der Waals surface area contributed by atoms with E-state index in [0.717, 1.165) is 16.0 Å². The van der Waals surface area contributed by atoms with Crippen LogP contribution >= 0.6 is 11.8 Å². The number of thioether (sulfide) groups is 1. The zero-order chi connectivity index (χ0) is 16.8. The summed E-state index contributed by atoms with van der Waals surface area (Å²) in [5.41, 5.74) is 1.92. The van der Waals surface area contributed by atoms with Gasteiger partial charge in [-0.25, -0.2) is 4.98 Å². The molecule has 120 valence electrons. The number of anilines is 1. The zero-order valence-corrected chi connectivity index (χ0v) is 14.2. The quantitative estimate of drug-likeness (QED) is 0.677. The molecule has 3 aromatic rings. The van der Waals surface area contributed by atoms with Crippen molar-refractivity contribution in [3.05, 3.63) is 90.1 Å². The molecule has 1 aromatic heterocycles. The topological polar surface area (TPSA) is 42.0 Å². The lowest BCUT2D eigenvalue weighted by atomic mass is 10.1. The first-order chi connectivity index (χ1) is 11.7. The van der Waals surface area contributed by atoms with E-state index in [9.17, 15) is 4.79 Å². The average Bonchev–Trinajstić information content (AvgIpc) is 2.63. The highest BCUT2D eigenvalue weighted by molar-refractivity contribution is 8.00. The van der Waals surface area contributed by atoms with Crippen molar-refractivity contribution in [2.45, 2.75) is 17.1 Å². The molecular formula is C20H18N2OS. The number of benzene rings is 2. The third-order valence-electron chi connectivity index (χ3n) is 3.59. The van der Waals surface area contributed by atoms with Crippen molar-refractivity contribution >= 4 is 23.5 Å². The fourth-order valence-electron chi connectivity index (χ4n) is 2.33. The predicted octanol–water partition coefficient (Wildman–Crippen LogP) is 4.86. The van der Waals surface area contributed by atoms with E-state index in [1.54, 1.807) is 6.20 Å². The maximum absolute atomic E-state index is 12.9. The van der Waals surface area contributed by atoms with Gasteiger partial charge in [-0.15, -0.1) is 11.8 Å². The normalized spacial score (nSPS) is 11.7. The van der Waals surface area contributed by atoms with E-state index in [2.05, 4.69) is 10.3 Å². The minimum absolute atomic E-state index is 0.0724. The van der Waals surface area contributed by atoms with Gasteiger partial charge in [0.05, 0.1) is 0 Å². The number of rotatable bonds is 5. The van der Waals surface area contributed by atoms with Gasteiger partial charge < -0.3 is 5.32 Å². The van der Waals surface area contributed by atoms with Gasteiger partial charge in [0.15, 0.2) is 0 Å². The molecule has 1 unspecified atom stereocenters. The van der Waals surface area contributed by atoms with Crippen molar-refractivity contribution in [1.29, 1.82) is 0 Å². The van der Waals surface area contributed by atoms with Crippen LogP contribution in [0.25, 0.3) is 0 Å². The van der Waals surface area contributed by atoms with Gasteiger partial charge in [0.25, 0.3) is 0 Å². The molecule has 2 aromatic carbocycles. The summed E-state index contributed by atoms with van der Waals surface area (Å²) in [5, 5.41) is 2.62. The Balaban J connectivity index is 1.87. The smallest absolute Gasteiger partial charge is 0.243 e. The number of amides is 1. The van der Waals surface area contributed by atoms with Gasteiger partial charge >= 0.3 is 0 Å². The first-order valence-corrected chi connectivity index (χ1v) is 8.61. The van der Waals surface area contributed by atoms with Gasteiger partial charge in [0, 0.05) is 11.1 Å². The standard InChI is InChI=1S/C20H18N2OS/c1-15-9-8-14-21-19(15)22-20(23)18(16-10-4-2-5-11-16)24-17-12-6-3-7-13-17/h2-14,18H,1H3,(H,21,22,23). The summed E-state index contributed by atoms with van der Waals surface area (Å²) >= 11 is 1.54. The Labute approximate surface area is 146 Å². The van der Waals surface area contributed by atoms with Gasteiger partial charge in [-0.3, -0.25) is 4.79 Å². The number of carbonyl (C=O) groups is 1. The van der Waals surface area contributed by atoms with Gasteiger partial charge in [-0.05, 0) is 36.2 Å². The van der Waals surface area contributed by atoms with Crippen LogP contribution in [0.5, 0.6) is 0 Å². The molecule has 0 aliphatic heterocycles. The molecule has 1 atom stereocenters. The molecule has 3 nitrogen and oxygen atoms in total. The van der Waals surface area contributed by atoms with Gasteiger partial charge in [0.2, 0.25) is 5.91 Å². The Morgan fingerprint density at radius 3 is 2.29 bits per heavy atom. The van der Waals surface area contributed by atoms with E-state index < -0.39 is 0 Å². The molecular weight excluding hydrogens is 316 g/mol. The number of aromatic nitrogens is 1. The Morgan fingerprint density at radius 1 is 0.958 bits per heavy atom. The number of carbonyl (C=O) groups excluding carboxylic acids is 1. The van der Waals surface area contributed by atoms with Crippen molar-refractivity contribution in [1.82, 2.24) is 4.98 Å². The van der Waals surface area contributed by atoms with E-state index in [1.165, 1.54) is 11.8 Å². The molecule has 0 bridgehead atoms. The molecule has 0 saturated carbocycles. The molecule has 1 amide bonds. The second kappa shape index (κ2) is 7.79. The van der Waals surface area contributed by atoms with Crippen molar-refractivity contribution < 1.29 is 4.79 Å². The lowest BCUT2D eigenvalue weighted by Gasteiger charge is -2.17. The highest BCUT2D eigenvalue weighted by atomic mass is 32.2. The Morgan fingerprint density at radius 2 is 1.62 bits per heavy atom. The zero-order valence-electron chi connectivity index (χ0n) is 13.3. The van der Waals surface area contributed by atoms with Crippen molar-refractivity contribution in [3.8, 4) is 0 Å². The Hall–Kier alpha value is -2.59. The summed E-state index contributed by atoms with van der Waals surface area (Å²) in [5.74, 6) is 0.536. The third-order valence-corrected chi connectivity index (χ3v) is 4.85. The van der Waals surface area contributed by atoms with Gasteiger partial charge in [-0.1, -0.05) is 54.6 Å². The van der Waals surface area contributed by atoms with Gasteiger partial charge in [0.1, 0.15) is 11.1 Å². The summed E-state index contributed by atoms with van der Waals surface area (Å²) < 4.78 is 0. The second-order valence-corrected chi connectivity index (χ2v) is 6.56. The predicted molar refractivity (Wildman–Crippen MR) is 99.1 cm³/mol. The van der Waals surface area contributed by atoms with Crippen LogP contribution in [0.4, 0.5) is 5.82 Å². The van der Waals surface area contributed by atoms with Crippen LogP contribution < -0.4 is 5.32 Å². The van der Waals surface area contributed by atoms with E-state index in [1.807, 2.05) is 79.7 Å². The summed E-state index contributed by atoms with van der Waals surface area (Å²) in [6.45, 7) is 1.93. The van der Waals surface area contributed by atoms with Crippen LogP contribution in [0.2, 0.25) is 0 Å². The lowest BCUT2D eigenvalue weighted by molar-refractivity contribution is -0.115. The largest absolute Gasteiger partial charge is 0.309 e. The van der Waals surface area contributed by atoms with Crippen LogP contribution in [0.1, 0.15) is 16.4 Å². The van der Waals surface area contributed by atoms with Gasteiger partial charge in [-0.2, -0.15) is 0 Å². The van der Waals surface area contributed by atoms with Crippen molar-refractivity contribution in [2.75, 3.05) is 5.32 Å². The first kappa shape index (κ1) is 16.3. The monoisotopic (exact) mass is 334 g/mol. The highest BCUT2D eigenvalue weighted by Crippen LogP contribution is 2.36. The molecule has 0 radical (unpaired) electrons. The number of pyridine rings is 1. The van der Waals surface area contributed by atoms with Crippen LogP contribution in [-0.2, 0) is 4.79 Å². The Bertz CT molecular complexity index is 806. The number of aryl methyl sites for hydroxylation is 1. The molecule has 24 heavy (non-hydrogen) atoms. The molecule has 0 fully saturated rings. The minimum Gasteiger partial charge on any atom is -0.309 e. The molecule has 4 heteroatoms. The molecule has 3 rings (SSSR count).